The second-order valence-corrected chi connectivity index (χ2v) is 14.0. The lowest BCUT2D eigenvalue weighted by Crippen LogP contribution is -2.50. The molecule has 9 nitrogen and oxygen atoms in total. The number of halogens is 2. The standard InChI is InChI=1S/C34H37F2N3O6S/c1-33(2,3)44-29(40)19-43-27-12-11-21(15-26(27)36)30-24(20-9-10-22(17-37)25(35)14-20)16-28(46-30)31(41)39-13-7-8-23(18-39)38-32(42)45-34(4,5)6/h9-12,14-16,23H,7-8,13,18-19H2,1-6H3,(H,38,42)/t23-/m1/s1. The molecule has 1 fully saturated rings. The molecule has 244 valence electrons. The van der Waals surface area contributed by atoms with E-state index in [1.165, 1.54) is 24.3 Å². The molecule has 0 radical (unpaired) electrons. The largest absolute Gasteiger partial charge is 0.479 e. The molecule has 1 aliphatic rings. The first-order valence-corrected chi connectivity index (χ1v) is 15.6. The van der Waals surface area contributed by atoms with Gasteiger partial charge in [-0.25, -0.2) is 18.4 Å². The highest BCUT2D eigenvalue weighted by Crippen LogP contribution is 2.41. The fourth-order valence-electron chi connectivity index (χ4n) is 4.87. The number of esters is 1. The van der Waals surface area contributed by atoms with Crippen LogP contribution in [0.1, 0.15) is 69.6 Å². The summed E-state index contributed by atoms with van der Waals surface area (Å²) in [5.74, 6) is -2.57. The van der Waals surface area contributed by atoms with Gasteiger partial charge in [-0.15, -0.1) is 11.3 Å². The van der Waals surface area contributed by atoms with Crippen LogP contribution in [-0.2, 0) is 14.3 Å². The number of alkyl carbamates (subject to hydrolysis) is 1. The molecule has 2 aromatic carbocycles. The summed E-state index contributed by atoms with van der Waals surface area (Å²) in [6.07, 6.45) is 0.778. The molecule has 0 spiro atoms. The number of nitrogens with one attached hydrogen (secondary N) is 1. The van der Waals surface area contributed by atoms with E-state index in [2.05, 4.69) is 5.32 Å². The van der Waals surface area contributed by atoms with Crippen molar-refractivity contribution < 1.29 is 37.4 Å². The van der Waals surface area contributed by atoms with Gasteiger partial charge in [0.1, 0.15) is 23.1 Å². The molecule has 1 N–H and O–H groups in total. The van der Waals surface area contributed by atoms with Crippen molar-refractivity contribution in [1.29, 1.82) is 5.26 Å². The number of thiophene rings is 1. The van der Waals surface area contributed by atoms with Crippen LogP contribution in [0.4, 0.5) is 13.6 Å². The summed E-state index contributed by atoms with van der Waals surface area (Å²) in [7, 11) is 0. The van der Waals surface area contributed by atoms with Crippen LogP contribution in [0, 0.1) is 23.0 Å². The van der Waals surface area contributed by atoms with E-state index in [-0.39, 0.29) is 29.8 Å². The number of piperidine rings is 1. The third-order valence-corrected chi connectivity index (χ3v) is 7.90. The molecule has 0 unspecified atom stereocenters. The number of likely N-dealkylation sites (tertiary alicyclic amines) is 1. The molecular formula is C34H37F2N3O6S. The van der Waals surface area contributed by atoms with Crippen LogP contribution in [0.15, 0.2) is 42.5 Å². The third kappa shape index (κ3) is 9.03. The maximum Gasteiger partial charge on any atom is 0.407 e. The van der Waals surface area contributed by atoms with Crippen molar-refractivity contribution in [3.05, 3.63) is 64.5 Å². The van der Waals surface area contributed by atoms with E-state index in [0.29, 0.717) is 45.8 Å². The van der Waals surface area contributed by atoms with Gasteiger partial charge in [-0.2, -0.15) is 5.26 Å². The minimum atomic E-state index is -0.744. The van der Waals surface area contributed by atoms with E-state index in [1.54, 1.807) is 70.7 Å². The zero-order valence-corrected chi connectivity index (χ0v) is 27.5. The van der Waals surface area contributed by atoms with Crippen LogP contribution in [-0.4, -0.2) is 59.8 Å². The van der Waals surface area contributed by atoms with Crippen molar-refractivity contribution in [3.63, 3.8) is 0 Å². The van der Waals surface area contributed by atoms with Gasteiger partial charge in [0.05, 0.1) is 10.4 Å². The number of benzene rings is 2. The number of rotatable bonds is 7. The minimum absolute atomic E-state index is 0.133. The number of ether oxygens (including phenoxy) is 3. The Labute approximate surface area is 271 Å². The van der Waals surface area contributed by atoms with Crippen molar-refractivity contribution in [2.75, 3.05) is 19.7 Å². The van der Waals surface area contributed by atoms with Gasteiger partial charge in [0, 0.05) is 29.6 Å². The number of hydrogen-bond donors (Lipinski definition) is 1. The minimum Gasteiger partial charge on any atom is -0.479 e. The Morgan fingerprint density at radius 1 is 0.978 bits per heavy atom. The average molecular weight is 654 g/mol. The highest BCUT2D eigenvalue weighted by molar-refractivity contribution is 7.18. The summed E-state index contributed by atoms with van der Waals surface area (Å²) < 4.78 is 45.9. The van der Waals surface area contributed by atoms with Crippen molar-refractivity contribution >= 4 is 29.3 Å². The summed E-state index contributed by atoms with van der Waals surface area (Å²) in [4.78, 5) is 40.6. The molecule has 2 amide bonds. The third-order valence-electron chi connectivity index (χ3n) is 6.73. The van der Waals surface area contributed by atoms with E-state index in [1.807, 2.05) is 0 Å². The maximum atomic E-state index is 15.2. The summed E-state index contributed by atoms with van der Waals surface area (Å²) >= 11 is 1.11. The van der Waals surface area contributed by atoms with Crippen molar-refractivity contribution in [1.82, 2.24) is 10.2 Å². The first-order chi connectivity index (χ1) is 21.5. The second kappa shape index (κ2) is 13.9. The normalized spacial score (nSPS) is 15.1. The Hall–Kier alpha value is -4.50. The van der Waals surface area contributed by atoms with Gasteiger partial charge in [-0.3, -0.25) is 4.79 Å². The molecular weight excluding hydrogens is 616 g/mol. The van der Waals surface area contributed by atoms with E-state index >= 15 is 4.39 Å². The molecule has 0 bridgehead atoms. The zero-order chi connectivity index (χ0) is 33.8. The monoisotopic (exact) mass is 653 g/mol. The number of carbonyl (C=O) groups is 3. The number of carbonyl (C=O) groups excluding carboxylic acids is 3. The van der Waals surface area contributed by atoms with Crippen LogP contribution in [0.5, 0.6) is 5.75 Å². The average Bonchev–Trinajstić information content (AvgIpc) is 3.40. The number of hydrogen-bond acceptors (Lipinski definition) is 8. The van der Waals surface area contributed by atoms with Gasteiger partial charge in [-0.05, 0) is 102 Å². The lowest BCUT2D eigenvalue weighted by atomic mass is 10.0. The fraction of sp³-hybridized carbons (Fsp3) is 0.412. The van der Waals surface area contributed by atoms with Gasteiger partial charge in [0.15, 0.2) is 18.2 Å². The van der Waals surface area contributed by atoms with Crippen molar-refractivity contribution in [2.45, 2.75) is 71.6 Å². The van der Waals surface area contributed by atoms with Gasteiger partial charge >= 0.3 is 12.1 Å². The molecule has 2 heterocycles. The Kier molecular flexibility index (Phi) is 10.4. The molecule has 1 atom stereocenters. The highest BCUT2D eigenvalue weighted by Gasteiger charge is 2.29. The summed E-state index contributed by atoms with van der Waals surface area (Å²) in [6, 6.07) is 11.4. The number of nitrogens with zero attached hydrogens (tertiary/aromatic N) is 2. The number of nitriles is 1. The number of amides is 2. The molecule has 1 aromatic heterocycles. The van der Waals surface area contributed by atoms with Gasteiger partial charge in [-0.1, -0.05) is 6.07 Å². The quantitative estimate of drug-likeness (QED) is 0.271. The molecule has 3 aromatic rings. The van der Waals surface area contributed by atoms with E-state index in [4.69, 9.17) is 14.2 Å². The van der Waals surface area contributed by atoms with Gasteiger partial charge in [0.25, 0.3) is 5.91 Å². The predicted molar refractivity (Wildman–Crippen MR) is 169 cm³/mol. The van der Waals surface area contributed by atoms with Crippen LogP contribution >= 0.6 is 11.3 Å². The molecule has 1 saturated heterocycles. The lowest BCUT2D eigenvalue weighted by Gasteiger charge is -2.33. The van der Waals surface area contributed by atoms with Crippen LogP contribution < -0.4 is 10.1 Å². The Balaban J connectivity index is 1.62. The van der Waals surface area contributed by atoms with E-state index in [9.17, 15) is 24.0 Å². The fourth-order valence-corrected chi connectivity index (χ4v) is 6.02. The molecule has 46 heavy (non-hydrogen) atoms. The topological polar surface area (TPSA) is 118 Å². The Morgan fingerprint density at radius 3 is 2.28 bits per heavy atom. The smallest absolute Gasteiger partial charge is 0.407 e. The van der Waals surface area contributed by atoms with Crippen molar-refractivity contribution in [3.8, 4) is 33.4 Å². The Bertz CT molecular complexity index is 1670. The van der Waals surface area contributed by atoms with Crippen molar-refractivity contribution in [2.24, 2.45) is 0 Å². The van der Waals surface area contributed by atoms with Crippen LogP contribution in [0.3, 0.4) is 0 Å². The lowest BCUT2D eigenvalue weighted by molar-refractivity contribution is -0.157. The van der Waals surface area contributed by atoms with Crippen LogP contribution in [0.25, 0.3) is 21.6 Å². The predicted octanol–water partition coefficient (Wildman–Crippen LogP) is 7.08. The highest BCUT2D eigenvalue weighted by atomic mass is 32.1. The van der Waals surface area contributed by atoms with E-state index < -0.39 is 41.5 Å². The molecule has 0 saturated carbocycles. The summed E-state index contributed by atoms with van der Waals surface area (Å²) in [6.45, 7) is 10.7. The maximum absolute atomic E-state index is 15.2. The molecule has 12 heteroatoms. The SMILES string of the molecule is CC(C)(C)OC(=O)COc1ccc(-c2sc(C(=O)N3CCC[C@@H](NC(=O)OC(C)(C)C)C3)cc2-c2ccc(C#N)c(F)c2)cc1F. The second-order valence-electron chi connectivity index (χ2n) is 12.9. The Morgan fingerprint density at radius 2 is 1.65 bits per heavy atom. The molecule has 1 aliphatic heterocycles. The first-order valence-electron chi connectivity index (χ1n) is 14.8. The van der Waals surface area contributed by atoms with Crippen LogP contribution in [0.2, 0.25) is 0 Å². The summed E-state index contributed by atoms with van der Waals surface area (Å²) in [5.41, 5.74) is -0.248. The first kappa shape index (κ1) is 34.4. The zero-order valence-electron chi connectivity index (χ0n) is 26.7. The van der Waals surface area contributed by atoms with E-state index in [0.717, 1.165) is 11.3 Å². The summed E-state index contributed by atoms with van der Waals surface area (Å²) in [5, 5.41) is 12.0. The molecule has 0 aliphatic carbocycles. The van der Waals surface area contributed by atoms with Gasteiger partial charge < -0.3 is 24.4 Å². The van der Waals surface area contributed by atoms with Gasteiger partial charge in [0.2, 0.25) is 0 Å². The molecule has 4 rings (SSSR count).